The molecule has 24 heavy (non-hydrogen) atoms. The highest BCUT2D eigenvalue weighted by atomic mass is 16.2. The van der Waals surface area contributed by atoms with E-state index < -0.39 is 0 Å². The van der Waals surface area contributed by atoms with Crippen LogP contribution >= 0.6 is 0 Å². The molecule has 6 heteroatoms. The molecule has 2 N–H and O–H groups in total. The number of carbonyl (C=O) groups excluding carboxylic acids is 2. The first-order chi connectivity index (χ1) is 11.2. The van der Waals surface area contributed by atoms with E-state index in [1.807, 2.05) is 13.8 Å². The number of nitrogens with one attached hydrogen (secondary N) is 2. The van der Waals surface area contributed by atoms with Gasteiger partial charge in [-0.3, -0.25) is 9.59 Å². The van der Waals surface area contributed by atoms with Crippen molar-refractivity contribution in [2.45, 2.75) is 80.1 Å². The van der Waals surface area contributed by atoms with E-state index in [1.54, 1.807) is 0 Å². The van der Waals surface area contributed by atoms with Crippen molar-refractivity contribution in [2.75, 3.05) is 0 Å². The number of carbonyl (C=O) groups is 2. The third kappa shape index (κ3) is 13.9. The maximum absolute atomic E-state index is 11.7. The summed E-state index contributed by atoms with van der Waals surface area (Å²) in [4.78, 5) is 23.3. The minimum Gasteiger partial charge on any atom is -0.273 e. The summed E-state index contributed by atoms with van der Waals surface area (Å²) in [6.07, 6.45) is 3.82. The van der Waals surface area contributed by atoms with Crippen LogP contribution in [-0.2, 0) is 9.59 Å². The molecule has 0 saturated carbocycles. The number of rotatable bonds is 11. The lowest BCUT2D eigenvalue weighted by atomic mass is 10.1. The van der Waals surface area contributed by atoms with E-state index in [-0.39, 0.29) is 11.8 Å². The van der Waals surface area contributed by atoms with Crippen LogP contribution in [0, 0.1) is 11.8 Å². The molecule has 0 saturated heterocycles. The molecule has 0 aromatic rings. The van der Waals surface area contributed by atoms with Gasteiger partial charge < -0.3 is 0 Å². The molecule has 0 rings (SSSR count). The van der Waals surface area contributed by atoms with E-state index in [9.17, 15) is 9.59 Å². The molecule has 0 aromatic carbocycles. The number of hydrazone groups is 2. The minimum absolute atomic E-state index is 0.107. The van der Waals surface area contributed by atoms with Crippen molar-refractivity contribution in [3.05, 3.63) is 0 Å². The highest BCUT2D eigenvalue weighted by Gasteiger charge is 2.04. The maximum atomic E-state index is 11.7. The van der Waals surface area contributed by atoms with Gasteiger partial charge in [0.15, 0.2) is 0 Å². The Kier molecular flexibility index (Phi) is 11.8. The fraction of sp³-hybridized carbons (Fsp3) is 0.778. The van der Waals surface area contributed by atoms with Crippen LogP contribution in [0.3, 0.4) is 0 Å². The van der Waals surface area contributed by atoms with Gasteiger partial charge in [-0.15, -0.1) is 0 Å². The standard InChI is InChI=1S/C18H34N4O2/c1-13(2)11-15(5)19-21-17(23)9-7-8-10-18(24)22-20-16(6)12-14(3)4/h13-14H,7-12H2,1-6H3,(H,21,23)(H,22,24)/b19-15+,20-16+. The van der Waals surface area contributed by atoms with Gasteiger partial charge in [0, 0.05) is 24.3 Å². The van der Waals surface area contributed by atoms with Gasteiger partial charge in [0.2, 0.25) is 11.8 Å². The van der Waals surface area contributed by atoms with Crippen LogP contribution in [0.1, 0.15) is 80.1 Å². The number of amides is 2. The number of hydrogen-bond acceptors (Lipinski definition) is 4. The quantitative estimate of drug-likeness (QED) is 0.342. The van der Waals surface area contributed by atoms with Crippen LogP contribution in [0.25, 0.3) is 0 Å². The maximum Gasteiger partial charge on any atom is 0.240 e. The lowest BCUT2D eigenvalue weighted by Gasteiger charge is -2.06. The summed E-state index contributed by atoms with van der Waals surface area (Å²) in [6.45, 7) is 12.3. The van der Waals surface area contributed by atoms with Crippen molar-refractivity contribution >= 4 is 23.2 Å². The highest BCUT2D eigenvalue weighted by Crippen LogP contribution is 2.03. The van der Waals surface area contributed by atoms with E-state index >= 15 is 0 Å². The molecule has 6 nitrogen and oxygen atoms in total. The molecule has 0 aliphatic rings. The lowest BCUT2D eigenvalue weighted by Crippen LogP contribution is -2.20. The molecule has 0 aromatic heterocycles. The molecule has 0 bridgehead atoms. The van der Waals surface area contributed by atoms with E-state index in [0.717, 1.165) is 24.3 Å². The molecule has 138 valence electrons. The van der Waals surface area contributed by atoms with E-state index in [2.05, 4.69) is 48.7 Å². The largest absolute Gasteiger partial charge is 0.273 e. The average Bonchev–Trinajstić information content (AvgIpc) is 2.46. The smallest absolute Gasteiger partial charge is 0.240 e. The normalized spacial score (nSPS) is 12.7. The van der Waals surface area contributed by atoms with Crippen LogP contribution in [-0.4, -0.2) is 23.2 Å². The van der Waals surface area contributed by atoms with Gasteiger partial charge in [-0.2, -0.15) is 10.2 Å². The average molecular weight is 338 g/mol. The fourth-order valence-electron chi connectivity index (χ4n) is 2.27. The second kappa shape index (κ2) is 12.7. The number of hydrogen-bond donors (Lipinski definition) is 2. The molecule has 0 unspecified atom stereocenters. The zero-order valence-corrected chi connectivity index (χ0v) is 16.1. The fourth-order valence-corrected chi connectivity index (χ4v) is 2.27. The minimum atomic E-state index is -0.107. The van der Waals surface area contributed by atoms with E-state index in [1.165, 1.54) is 0 Å². The van der Waals surface area contributed by atoms with Crippen LogP contribution in [0.4, 0.5) is 0 Å². The molecular weight excluding hydrogens is 304 g/mol. The van der Waals surface area contributed by atoms with Crippen LogP contribution < -0.4 is 10.9 Å². The Labute approximate surface area is 146 Å². The molecule has 0 heterocycles. The summed E-state index contributed by atoms with van der Waals surface area (Å²) in [5.41, 5.74) is 6.97. The van der Waals surface area contributed by atoms with Crippen molar-refractivity contribution in [2.24, 2.45) is 22.0 Å². The number of nitrogens with zero attached hydrogens (tertiary/aromatic N) is 2. The SMILES string of the molecule is C/C(CC(C)C)=N\NC(=O)CCCCC(=O)N/N=C(\C)CC(C)C. The Bertz CT molecular complexity index is 412. The number of unbranched alkanes of at least 4 members (excludes halogenated alkanes) is 1. The molecule has 2 amide bonds. The van der Waals surface area contributed by atoms with Gasteiger partial charge in [0.05, 0.1) is 0 Å². The predicted octanol–water partition coefficient (Wildman–Crippen LogP) is 3.62. The van der Waals surface area contributed by atoms with Gasteiger partial charge in [0.25, 0.3) is 0 Å². The van der Waals surface area contributed by atoms with Gasteiger partial charge >= 0.3 is 0 Å². The lowest BCUT2D eigenvalue weighted by molar-refractivity contribution is -0.123. The van der Waals surface area contributed by atoms with Gasteiger partial charge in [-0.25, -0.2) is 10.9 Å². The summed E-state index contributed by atoms with van der Waals surface area (Å²) in [6, 6.07) is 0. The zero-order valence-electron chi connectivity index (χ0n) is 16.1. The third-order valence-electron chi connectivity index (χ3n) is 3.21. The Hall–Kier alpha value is -1.72. The van der Waals surface area contributed by atoms with Gasteiger partial charge in [0.1, 0.15) is 0 Å². The van der Waals surface area contributed by atoms with Crippen LogP contribution in [0.5, 0.6) is 0 Å². The Balaban J connectivity index is 3.85. The van der Waals surface area contributed by atoms with E-state index in [0.29, 0.717) is 37.5 Å². The molecule has 0 radical (unpaired) electrons. The first-order valence-electron chi connectivity index (χ1n) is 8.84. The van der Waals surface area contributed by atoms with Crippen molar-refractivity contribution in [3.8, 4) is 0 Å². The first kappa shape index (κ1) is 22.3. The van der Waals surface area contributed by atoms with Gasteiger partial charge in [-0.05, 0) is 51.4 Å². The van der Waals surface area contributed by atoms with Crippen molar-refractivity contribution in [1.82, 2.24) is 10.9 Å². The summed E-state index contributed by atoms with van der Waals surface area (Å²) in [5, 5.41) is 8.14. The summed E-state index contributed by atoms with van der Waals surface area (Å²) in [5.74, 6) is 0.834. The zero-order chi connectivity index (χ0) is 18.5. The molecule has 0 spiro atoms. The monoisotopic (exact) mass is 338 g/mol. The molecule has 0 aliphatic carbocycles. The van der Waals surface area contributed by atoms with E-state index in [4.69, 9.17) is 0 Å². The van der Waals surface area contributed by atoms with Gasteiger partial charge in [-0.1, -0.05) is 27.7 Å². The predicted molar refractivity (Wildman–Crippen MR) is 99.9 cm³/mol. The van der Waals surface area contributed by atoms with Crippen molar-refractivity contribution < 1.29 is 9.59 Å². The highest BCUT2D eigenvalue weighted by molar-refractivity contribution is 5.85. The summed E-state index contributed by atoms with van der Waals surface area (Å²) in [7, 11) is 0. The van der Waals surface area contributed by atoms with Crippen LogP contribution in [0.15, 0.2) is 10.2 Å². The third-order valence-corrected chi connectivity index (χ3v) is 3.21. The molecule has 0 fully saturated rings. The Morgan fingerprint density at radius 1 is 0.750 bits per heavy atom. The Morgan fingerprint density at radius 2 is 1.08 bits per heavy atom. The Morgan fingerprint density at radius 3 is 1.38 bits per heavy atom. The summed E-state index contributed by atoms with van der Waals surface area (Å²) < 4.78 is 0. The topological polar surface area (TPSA) is 82.9 Å². The summed E-state index contributed by atoms with van der Waals surface area (Å²) >= 11 is 0. The molecular formula is C18H34N4O2. The van der Waals surface area contributed by atoms with Crippen molar-refractivity contribution in [1.29, 1.82) is 0 Å². The van der Waals surface area contributed by atoms with Crippen molar-refractivity contribution in [3.63, 3.8) is 0 Å². The first-order valence-corrected chi connectivity index (χ1v) is 8.84. The molecule has 0 aliphatic heterocycles. The van der Waals surface area contributed by atoms with Crippen LogP contribution in [0.2, 0.25) is 0 Å². The molecule has 0 atom stereocenters. The second-order valence-electron chi connectivity index (χ2n) is 7.17. The second-order valence-corrected chi connectivity index (χ2v) is 7.17.